The molecular weight excluding hydrogens is 392 g/mol. The molecule has 7 heteroatoms. The van der Waals surface area contributed by atoms with Gasteiger partial charge < -0.3 is 15.1 Å². The van der Waals surface area contributed by atoms with E-state index >= 15 is 0 Å². The minimum absolute atomic E-state index is 0.0905. The Bertz CT molecular complexity index is 935. The maximum atomic E-state index is 13.7. The second kappa shape index (κ2) is 8.73. The van der Waals surface area contributed by atoms with Crippen molar-refractivity contribution in [3.05, 3.63) is 46.2 Å². The van der Waals surface area contributed by atoms with Crippen molar-refractivity contribution in [3.8, 4) is 0 Å². The van der Waals surface area contributed by atoms with E-state index in [0.29, 0.717) is 24.2 Å². The first-order valence-corrected chi connectivity index (χ1v) is 11.0. The third-order valence-corrected chi connectivity index (χ3v) is 6.10. The van der Waals surface area contributed by atoms with Crippen LogP contribution in [0.2, 0.25) is 0 Å². The molecule has 2 unspecified atom stereocenters. The molecule has 0 spiro atoms. The van der Waals surface area contributed by atoms with E-state index in [1.54, 1.807) is 28.8 Å². The number of rotatable bonds is 6. The van der Waals surface area contributed by atoms with Crippen LogP contribution < -0.4 is 5.32 Å². The third kappa shape index (κ3) is 4.18. The zero-order valence-electron chi connectivity index (χ0n) is 19.7. The Kier molecular flexibility index (Phi) is 6.43. The molecule has 1 aromatic rings. The fourth-order valence-electron chi connectivity index (χ4n) is 4.59. The zero-order valence-corrected chi connectivity index (χ0v) is 19.7. The molecule has 1 aromatic carbocycles. The lowest BCUT2D eigenvalue weighted by Crippen LogP contribution is -2.48. The van der Waals surface area contributed by atoms with Gasteiger partial charge in [0.15, 0.2) is 0 Å². The summed E-state index contributed by atoms with van der Waals surface area (Å²) < 4.78 is 0. The first-order chi connectivity index (χ1) is 14.6. The number of urea groups is 1. The number of hydrogen-bond acceptors (Lipinski definition) is 3. The molecule has 1 N–H and O–H groups in total. The van der Waals surface area contributed by atoms with Crippen LogP contribution in [0, 0.1) is 19.8 Å². The van der Waals surface area contributed by atoms with E-state index in [1.165, 1.54) is 0 Å². The van der Waals surface area contributed by atoms with Gasteiger partial charge in [0.05, 0.1) is 23.9 Å². The van der Waals surface area contributed by atoms with Crippen LogP contribution in [-0.4, -0.2) is 65.8 Å². The van der Waals surface area contributed by atoms with Crippen LogP contribution in [0.4, 0.5) is 4.79 Å². The van der Waals surface area contributed by atoms with E-state index in [-0.39, 0.29) is 30.3 Å². The minimum atomic E-state index is -0.554. The second-order valence-corrected chi connectivity index (χ2v) is 9.16. The number of carbonyl (C=O) groups excluding carboxylic acids is 3. The molecule has 2 atom stereocenters. The van der Waals surface area contributed by atoms with Crippen molar-refractivity contribution in [1.82, 2.24) is 20.0 Å². The Morgan fingerprint density at radius 3 is 2.45 bits per heavy atom. The van der Waals surface area contributed by atoms with Gasteiger partial charge in [-0.15, -0.1) is 0 Å². The molecule has 31 heavy (non-hydrogen) atoms. The molecular formula is C24H34N4O3. The standard InChI is InChI=1S/C24H34N4O3/c1-8-27-19-13-28(18(11-14(2)3)22(29)26(6)7)23(30)20(19)21(25-24(27)31)17-10-9-15(4)12-16(17)5/h9-10,12,14,18,21H,8,11,13H2,1-7H3,(H,25,31). The van der Waals surface area contributed by atoms with Crippen LogP contribution in [0.3, 0.4) is 0 Å². The van der Waals surface area contributed by atoms with Gasteiger partial charge in [0.25, 0.3) is 5.91 Å². The number of benzene rings is 1. The Morgan fingerprint density at radius 1 is 1.23 bits per heavy atom. The molecule has 0 aliphatic carbocycles. The number of carbonyl (C=O) groups is 3. The Balaban J connectivity index is 2.07. The van der Waals surface area contributed by atoms with Crippen molar-refractivity contribution >= 4 is 17.8 Å². The van der Waals surface area contributed by atoms with Gasteiger partial charge in [-0.05, 0) is 44.2 Å². The molecule has 4 amide bonds. The lowest BCUT2D eigenvalue weighted by atomic mass is 9.91. The number of aryl methyl sites for hydroxylation is 2. The lowest BCUT2D eigenvalue weighted by Gasteiger charge is -2.33. The summed E-state index contributed by atoms with van der Waals surface area (Å²) in [5.74, 6) is -0.0110. The number of hydrogen-bond donors (Lipinski definition) is 1. The molecule has 2 aliphatic heterocycles. The largest absolute Gasteiger partial charge is 0.347 e. The van der Waals surface area contributed by atoms with Crippen LogP contribution in [-0.2, 0) is 9.59 Å². The molecule has 0 fully saturated rings. The predicted octanol–water partition coefficient (Wildman–Crippen LogP) is 2.99. The van der Waals surface area contributed by atoms with E-state index in [9.17, 15) is 14.4 Å². The van der Waals surface area contributed by atoms with Crippen molar-refractivity contribution in [1.29, 1.82) is 0 Å². The van der Waals surface area contributed by atoms with Gasteiger partial charge in [0.1, 0.15) is 6.04 Å². The summed E-state index contributed by atoms with van der Waals surface area (Å²) in [6.07, 6.45) is 0.574. The van der Waals surface area contributed by atoms with Gasteiger partial charge in [-0.3, -0.25) is 14.5 Å². The number of likely N-dealkylation sites (N-methyl/N-ethyl adjacent to an activating group) is 2. The van der Waals surface area contributed by atoms with Crippen molar-refractivity contribution < 1.29 is 14.4 Å². The summed E-state index contributed by atoms with van der Waals surface area (Å²) in [6.45, 7) is 10.7. The van der Waals surface area contributed by atoms with Crippen LogP contribution in [0.5, 0.6) is 0 Å². The molecule has 7 nitrogen and oxygen atoms in total. The maximum Gasteiger partial charge on any atom is 0.322 e. The van der Waals surface area contributed by atoms with Crippen molar-refractivity contribution in [2.24, 2.45) is 5.92 Å². The number of nitrogens with one attached hydrogen (secondary N) is 1. The molecule has 2 heterocycles. The van der Waals surface area contributed by atoms with E-state index in [4.69, 9.17) is 0 Å². The molecule has 0 saturated heterocycles. The van der Waals surface area contributed by atoms with E-state index in [0.717, 1.165) is 16.7 Å². The van der Waals surface area contributed by atoms with Gasteiger partial charge >= 0.3 is 6.03 Å². The highest BCUT2D eigenvalue weighted by Gasteiger charge is 2.47. The van der Waals surface area contributed by atoms with Crippen molar-refractivity contribution in [3.63, 3.8) is 0 Å². The topological polar surface area (TPSA) is 73.0 Å². The van der Waals surface area contributed by atoms with E-state index in [1.807, 2.05) is 46.8 Å². The van der Waals surface area contributed by atoms with E-state index in [2.05, 4.69) is 11.4 Å². The molecule has 0 radical (unpaired) electrons. The highest BCUT2D eigenvalue weighted by molar-refractivity contribution is 6.03. The predicted molar refractivity (Wildman–Crippen MR) is 120 cm³/mol. The van der Waals surface area contributed by atoms with Crippen molar-refractivity contribution in [2.75, 3.05) is 27.2 Å². The fraction of sp³-hybridized carbons (Fsp3) is 0.542. The third-order valence-electron chi connectivity index (χ3n) is 6.10. The molecule has 0 bridgehead atoms. The van der Waals surface area contributed by atoms with Crippen LogP contribution in [0.15, 0.2) is 29.5 Å². The Labute approximate surface area is 185 Å². The maximum absolute atomic E-state index is 13.7. The summed E-state index contributed by atoms with van der Waals surface area (Å²) in [5.41, 5.74) is 4.35. The SMILES string of the molecule is CCN1C(=O)NC(c2ccc(C)cc2C)C2=C1CN(C(CC(C)C)C(=O)N(C)C)C2=O. The smallest absolute Gasteiger partial charge is 0.322 e. The summed E-state index contributed by atoms with van der Waals surface area (Å²) in [4.78, 5) is 44.5. The lowest BCUT2D eigenvalue weighted by molar-refractivity contribution is -0.141. The molecule has 2 aliphatic rings. The normalized spacial score (nSPS) is 19.7. The minimum Gasteiger partial charge on any atom is -0.347 e. The molecule has 0 saturated carbocycles. The summed E-state index contributed by atoms with van der Waals surface area (Å²) >= 11 is 0. The summed E-state index contributed by atoms with van der Waals surface area (Å²) in [5, 5.41) is 3.03. The van der Waals surface area contributed by atoms with Crippen LogP contribution >= 0.6 is 0 Å². The van der Waals surface area contributed by atoms with Gasteiger partial charge in [0, 0.05) is 20.6 Å². The Morgan fingerprint density at radius 2 is 1.90 bits per heavy atom. The van der Waals surface area contributed by atoms with Gasteiger partial charge in [-0.2, -0.15) is 0 Å². The zero-order chi connectivity index (χ0) is 23.0. The Hall–Kier alpha value is -2.83. The average Bonchev–Trinajstić information content (AvgIpc) is 3.02. The molecule has 0 aromatic heterocycles. The number of amides is 4. The summed E-state index contributed by atoms with van der Waals surface area (Å²) in [7, 11) is 3.43. The highest BCUT2D eigenvalue weighted by Crippen LogP contribution is 2.38. The van der Waals surface area contributed by atoms with Crippen molar-refractivity contribution in [2.45, 2.75) is 53.1 Å². The second-order valence-electron chi connectivity index (χ2n) is 9.16. The average molecular weight is 427 g/mol. The van der Waals surface area contributed by atoms with Crippen LogP contribution in [0.25, 0.3) is 0 Å². The van der Waals surface area contributed by atoms with E-state index < -0.39 is 12.1 Å². The summed E-state index contributed by atoms with van der Waals surface area (Å²) in [6, 6.07) is 4.76. The molecule has 168 valence electrons. The quantitative estimate of drug-likeness (QED) is 0.760. The van der Waals surface area contributed by atoms with Gasteiger partial charge in [0.2, 0.25) is 5.91 Å². The molecule has 3 rings (SSSR count). The van der Waals surface area contributed by atoms with Gasteiger partial charge in [-0.1, -0.05) is 37.6 Å². The first kappa shape index (κ1) is 22.8. The number of nitrogens with zero attached hydrogens (tertiary/aromatic N) is 3. The first-order valence-electron chi connectivity index (χ1n) is 11.0. The highest BCUT2D eigenvalue weighted by atomic mass is 16.2. The fourth-order valence-corrected chi connectivity index (χ4v) is 4.59. The monoisotopic (exact) mass is 426 g/mol. The van der Waals surface area contributed by atoms with Crippen LogP contribution in [0.1, 0.15) is 49.9 Å². The van der Waals surface area contributed by atoms with Gasteiger partial charge in [-0.25, -0.2) is 4.79 Å².